The molecule has 0 bridgehead atoms. The van der Waals surface area contributed by atoms with Gasteiger partial charge >= 0.3 is 0 Å². The number of hydrogen-bond acceptors (Lipinski definition) is 7. The number of nitrogens with two attached hydrogens (primary N) is 1. The molecule has 26 heavy (non-hydrogen) atoms. The smallest absolute Gasteiger partial charge is 0.157 e. The number of aryl methyl sites for hydroxylation is 1. The number of rotatable bonds is 5. The molecule has 0 aromatic heterocycles. The Hall–Kier alpha value is -3.32. The average molecular weight is 357 g/mol. The number of aliphatic carboxylic acids is 2. The van der Waals surface area contributed by atoms with Crippen LogP contribution in [0.2, 0.25) is 0 Å². The summed E-state index contributed by atoms with van der Waals surface area (Å²) in [6, 6.07) is 12.8. The third kappa shape index (κ3) is 7.50. The molecule has 0 radical (unpaired) electrons. The van der Waals surface area contributed by atoms with E-state index in [4.69, 9.17) is 5.73 Å². The van der Waals surface area contributed by atoms with Gasteiger partial charge in [-0.05, 0) is 48.8 Å². The Bertz CT molecular complexity index is 767. The summed E-state index contributed by atoms with van der Waals surface area (Å²) in [7, 11) is 0. The van der Waals surface area contributed by atoms with Crippen molar-refractivity contribution in [1.29, 1.82) is 0 Å². The van der Waals surface area contributed by atoms with Gasteiger partial charge in [0.25, 0.3) is 0 Å². The van der Waals surface area contributed by atoms with Crippen LogP contribution in [0.15, 0.2) is 54.6 Å². The number of phenols is 2. The fraction of sp³-hybridized carbons (Fsp3) is 0.158. The molecule has 2 aromatic carbocycles. The molecule has 0 fully saturated rings. The Morgan fingerprint density at radius 3 is 2.00 bits per heavy atom. The molecule has 4 N–H and O–H groups in total. The molecule has 0 aliphatic rings. The van der Waals surface area contributed by atoms with Crippen molar-refractivity contribution in [2.24, 2.45) is 5.73 Å². The van der Waals surface area contributed by atoms with Crippen LogP contribution < -0.4 is 15.9 Å². The van der Waals surface area contributed by atoms with E-state index in [0.717, 1.165) is 11.1 Å². The van der Waals surface area contributed by atoms with E-state index in [1.165, 1.54) is 11.6 Å². The molecule has 0 aliphatic heterocycles. The second-order valence-electron chi connectivity index (χ2n) is 5.52. The molecule has 7 heteroatoms. The van der Waals surface area contributed by atoms with Gasteiger partial charge in [-0.2, -0.15) is 0 Å². The first kappa shape index (κ1) is 20.7. The monoisotopic (exact) mass is 357 g/mol. The standard InChI is InChI=1S/C15H17NO2.C4H4O4/c1-10-2-5-12(6-3-10)13(16)8-11-4-7-14(17)15(18)9-11;5-3(6)1-2-4(7)8/h2-7,9,13,17-18H,8,16H2,1H3;1-2H,(H,5,6)(H,7,8)/p-2/b;2-1-. The summed E-state index contributed by atoms with van der Waals surface area (Å²) >= 11 is 0. The molecule has 2 aromatic rings. The second kappa shape index (κ2) is 9.85. The van der Waals surface area contributed by atoms with Crippen molar-refractivity contribution in [1.82, 2.24) is 0 Å². The van der Waals surface area contributed by atoms with Crippen molar-refractivity contribution in [3.63, 3.8) is 0 Å². The molecular formula is C19H19NO6-2. The first-order chi connectivity index (χ1) is 12.2. The number of carboxylic acid groups (broad SMARTS) is 2. The lowest BCUT2D eigenvalue weighted by molar-refractivity contribution is -0.301. The van der Waals surface area contributed by atoms with E-state index in [9.17, 15) is 30.0 Å². The molecule has 7 nitrogen and oxygen atoms in total. The van der Waals surface area contributed by atoms with E-state index >= 15 is 0 Å². The summed E-state index contributed by atoms with van der Waals surface area (Å²) in [5.74, 6) is -3.31. The van der Waals surface area contributed by atoms with Gasteiger partial charge < -0.3 is 35.7 Å². The predicted molar refractivity (Wildman–Crippen MR) is 90.7 cm³/mol. The van der Waals surface area contributed by atoms with Crippen LogP contribution in [-0.4, -0.2) is 22.2 Å². The van der Waals surface area contributed by atoms with E-state index < -0.39 is 11.9 Å². The zero-order valence-corrected chi connectivity index (χ0v) is 14.1. The quantitative estimate of drug-likeness (QED) is 0.491. The van der Waals surface area contributed by atoms with Gasteiger partial charge in [-0.3, -0.25) is 0 Å². The highest BCUT2D eigenvalue weighted by Gasteiger charge is 2.08. The van der Waals surface area contributed by atoms with Crippen molar-refractivity contribution in [3.8, 4) is 11.5 Å². The normalized spacial score (nSPS) is 11.5. The largest absolute Gasteiger partial charge is 0.545 e. The van der Waals surface area contributed by atoms with Crippen LogP contribution in [-0.2, 0) is 16.0 Å². The second-order valence-corrected chi connectivity index (χ2v) is 5.52. The maximum Gasteiger partial charge on any atom is 0.157 e. The van der Waals surface area contributed by atoms with E-state index in [1.807, 2.05) is 31.2 Å². The molecule has 0 saturated heterocycles. The van der Waals surface area contributed by atoms with Crippen LogP contribution in [0.25, 0.3) is 0 Å². The van der Waals surface area contributed by atoms with Gasteiger partial charge in [0.2, 0.25) is 0 Å². The van der Waals surface area contributed by atoms with Gasteiger partial charge in [-0.1, -0.05) is 35.9 Å². The topological polar surface area (TPSA) is 147 Å². The highest BCUT2D eigenvalue weighted by molar-refractivity contribution is 5.87. The van der Waals surface area contributed by atoms with Crippen LogP contribution in [0.3, 0.4) is 0 Å². The maximum absolute atomic E-state index is 9.43. The Morgan fingerprint density at radius 1 is 1.00 bits per heavy atom. The fourth-order valence-electron chi connectivity index (χ4n) is 2.02. The summed E-state index contributed by atoms with van der Waals surface area (Å²) in [5.41, 5.74) is 9.29. The Labute approximate surface area is 150 Å². The molecule has 1 atom stereocenters. The zero-order valence-electron chi connectivity index (χ0n) is 14.1. The average Bonchev–Trinajstić information content (AvgIpc) is 2.57. The van der Waals surface area contributed by atoms with Crippen LogP contribution in [0, 0.1) is 6.92 Å². The molecule has 0 saturated carbocycles. The van der Waals surface area contributed by atoms with Crippen molar-refractivity contribution < 1.29 is 30.0 Å². The lowest BCUT2D eigenvalue weighted by atomic mass is 9.99. The Balaban J connectivity index is 0.000000359. The van der Waals surface area contributed by atoms with Crippen molar-refractivity contribution in [3.05, 3.63) is 71.3 Å². The fourth-order valence-corrected chi connectivity index (χ4v) is 2.02. The molecule has 0 spiro atoms. The van der Waals surface area contributed by atoms with Crippen LogP contribution in [0.4, 0.5) is 0 Å². The minimum Gasteiger partial charge on any atom is -0.545 e. The van der Waals surface area contributed by atoms with E-state index in [2.05, 4.69) is 0 Å². The number of carbonyl (C=O) groups is 2. The SMILES string of the molecule is Cc1ccc(C(N)Cc2ccc(O)c(O)c2)cc1.O=C([O-])/C=C\C(=O)[O-]. The van der Waals surface area contributed by atoms with Crippen molar-refractivity contribution >= 4 is 11.9 Å². The minimum atomic E-state index is -1.55. The molecular weight excluding hydrogens is 338 g/mol. The number of carbonyl (C=O) groups excluding carboxylic acids is 2. The van der Waals surface area contributed by atoms with Gasteiger partial charge in [0.15, 0.2) is 11.5 Å². The number of phenolic OH excluding ortho intramolecular Hbond substituents is 2. The van der Waals surface area contributed by atoms with Gasteiger partial charge in [0.05, 0.1) is 11.9 Å². The molecule has 0 amide bonds. The van der Waals surface area contributed by atoms with E-state index in [-0.39, 0.29) is 17.5 Å². The highest BCUT2D eigenvalue weighted by Crippen LogP contribution is 2.27. The Kier molecular flexibility index (Phi) is 7.85. The summed E-state index contributed by atoms with van der Waals surface area (Å²) in [5, 5.41) is 37.5. The van der Waals surface area contributed by atoms with Crippen LogP contribution in [0.5, 0.6) is 11.5 Å². The van der Waals surface area contributed by atoms with Crippen LogP contribution >= 0.6 is 0 Å². The number of hydrogen-bond donors (Lipinski definition) is 3. The predicted octanol–water partition coefficient (Wildman–Crippen LogP) is -0.309. The lowest BCUT2D eigenvalue weighted by Crippen LogP contribution is -2.23. The summed E-state index contributed by atoms with van der Waals surface area (Å²) in [6.07, 6.45) is 1.39. The Morgan fingerprint density at radius 2 is 1.54 bits per heavy atom. The van der Waals surface area contributed by atoms with Gasteiger partial charge in [0.1, 0.15) is 0 Å². The molecule has 1 unspecified atom stereocenters. The summed E-state index contributed by atoms with van der Waals surface area (Å²) in [4.78, 5) is 18.8. The highest BCUT2D eigenvalue weighted by atomic mass is 16.4. The molecule has 2 rings (SSSR count). The van der Waals surface area contributed by atoms with Crippen molar-refractivity contribution in [2.75, 3.05) is 0 Å². The minimum absolute atomic E-state index is 0.108. The maximum atomic E-state index is 9.43. The van der Waals surface area contributed by atoms with E-state index in [1.54, 1.807) is 12.1 Å². The van der Waals surface area contributed by atoms with Gasteiger partial charge in [-0.15, -0.1) is 0 Å². The molecule has 0 aliphatic carbocycles. The summed E-state index contributed by atoms with van der Waals surface area (Å²) in [6.45, 7) is 2.04. The third-order valence-electron chi connectivity index (χ3n) is 3.36. The lowest BCUT2D eigenvalue weighted by Gasteiger charge is -2.13. The molecule has 0 heterocycles. The van der Waals surface area contributed by atoms with Crippen LogP contribution in [0.1, 0.15) is 22.7 Å². The first-order valence-corrected chi connectivity index (χ1v) is 7.62. The zero-order chi connectivity index (χ0) is 19.7. The van der Waals surface area contributed by atoms with Crippen molar-refractivity contribution in [2.45, 2.75) is 19.4 Å². The number of aromatic hydroxyl groups is 2. The molecule has 138 valence electrons. The first-order valence-electron chi connectivity index (χ1n) is 7.62. The number of carboxylic acids is 2. The number of benzene rings is 2. The van der Waals surface area contributed by atoms with Gasteiger partial charge in [0, 0.05) is 6.04 Å². The van der Waals surface area contributed by atoms with E-state index in [0.29, 0.717) is 18.6 Å². The summed E-state index contributed by atoms with van der Waals surface area (Å²) < 4.78 is 0. The third-order valence-corrected chi connectivity index (χ3v) is 3.36. The van der Waals surface area contributed by atoms with Gasteiger partial charge in [-0.25, -0.2) is 0 Å².